The molecular formula is C18H17Cl2N5O5S. The summed E-state index contributed by atoms with van der Waals surface area (Å²) in [5.74, 6) is 2.86. The lowest BCUT2D eigenvalue weighted by Gasteiger charge is -2.18. The number of amides is 3. The predicted molar refractivity (Wildman–Crippen MR) is 117 cm³/mol. The highest BCUT2D eigenvalue weighted by molar-refractivity contribution is 7.99. The summed E-state index contributed by atoms with van der Waals surface area (Å²) in [4.78, 5) is 46.7. The molecule has 1 aromatic carbocycles. The van der Waals surface area contributed by atoms with E-state index in [0.717, 1.165) is 11.8 Å². The highest BCUT2D eigenvalue weighted by Gasteiger charge is 2.22. The normalized spacial score (nSPS) is 10.6. The molecular weight excluding hydrogens is 469 g/mol. The summed E-state index contributed by atoms with van der Waals surface area (Å²) in [7, 11) is 0. The van der Waals surface area contributed by atoms with Gasteiger partial charge in [-0.05, 0) is 24.1 Å². The summed E-state index contributed by atoms with van der Waals surface area (Å²) in [6.45, 7) is 6.78. The predicted octanol–water partition coefficient (Wildman–Crippen LogP) is 2.91. The number of carboxylic acid groups (broad SMARTS) is 1. The molecule has 0 bridgehead atoms. The lowest BCUT2D eigenvalue weighted by molar-refractivity contribution is -0.134. The van der Waals surface area contributed by atoms with E-state index in [1.165, 1.54) is 12.1 Å². The standard InChI is InChI=1S/C18H17Cl2N5O5S/c1-7(2)10-6-13(23-24-16(10)27)31-14-11(19)4-9(5-12(14)20)25(21)18(30)22-15(26)8(3)17(28)29/h4-7H,3,21H2,1-2H3,(H,24,27)(H,28,29)(H,22,26,30). The Balaban J connectivity index is 2.26. The molecule has 0 radical (unpaired) electrons. The third-order valence-electron chi connectivity index (χ3n) is 3.87. The number of imide groups is 1. The number of aliphatic carboxylic acids is 1. The molecule has 5 N–H and O–H groups in total. The molecule has 0 atom stereocenters. The number of urea groups is 1. The first kappa shape index (κ1) is 24.4. The molecule has 0 spiro atoms. The van der Waals surface area contributed by atoms with Crippen molar-refractivity contribution in [3.8, 4) is 0 Å². The molecule has 0 saturated carbocycles. The second-order valence-electron chi connectivity index (χ2n) is 6.40. The molecule has 0 fully saturated rings. The fourth-order valence-corrected chi connectivity index (χ4v) is 3.72. The van der Waals surface area contributed by atoms with Gasteiger partial charge in [-0.2, -0.15) is 5.10 Å². The number of carbonyl (C=O) groups excluding carboxylic acids is 2. The monoisotopic (exact) mass is 485 g/mol. The number of carboxylic acids is 1. The summed E-state index contributed by atoms with van der Waals surface area (Å²) < 4.78 is 0. The van der Waals surface area contributed by atoms with Crippen LogP contribution in [0.5, 0.6) is 0 Å². The minimum Gasteiger partial charge on any atom is -0.478 e. The number of rotatable bonds is 6. The van der Waals surface area contributed by atoms with Gasteiger partial charge in [-0.3, -0.25) is 14.9 Å². The fourth-order valence-electron chi connectivity index (χ4n) is 2.22. The van der Waals surface area contributed by atoms with Crippen LogP contribution < -0.4 is 21.7 Å². The Morgan fingerprint density at radius 2 is 1.84 bits per heavy atom. The van der Waals surface area contributed by atoms with Crippen molar-refractivity contribution in [2.24, 2.45) is 5.84 Å². The zero-order valence-electron chi connectivity index (χ0n) is 16.2. The van der Waals surface area contributed by atoms with E-state index in [1.807, 2.05) is 13.8 Å². The van der Waals surface area contributed by atoms with Gasteiger partial charge in [0.25, 0.3) is 11.5 Å². The number of halogens is 2. The van der Waals surface area contributed by atoms with Crippen LogP contribution in [0.4, 0.5) is 10.5 Å². The SMILES string of the molecule is C=C(C(=O)O)C(=O)NC(=O)N(N)c1cc(Cl)c(Sc2cc(C(C)C)c(=O)[nH]n2)c(Cl)c1. The average Bonchev–Trinajstić information content (AvgIpc) is 2.69. The molecule has 0 saturated heterocycles. The van der Waals surface area contributed by atoms with Crippen LogP contribution >= 0.6 is 35.0 Å². The van der Waals surface area contributed by atoms with Crippen LogP contribution in [-0.2, 0) is 9.59 Å². The largest absolute Gasteiger partial charge is 0.478 e. The zero-order valence-corrected chi connectivity index (χ0v) is 18.6. The van der Waals surface area contributed by atoms with Crippen LogP contribution in [0.15, 0.2) is 45.1 Å². The van der Waals surface area contributed by atoms with Crippen molar-refractivity contribution in [2.45, 2.75) is 29.7 Å². The van der Waals surface area contributed by atoms with Crippen LogP contribution in [0, 0.1) is 0 Å². The molecule has 2 aromatic rings. The van der Waals surface area contributed by atoms with Gasteiger partial charge in [-0.1, -0.05) is 55.4 Å². The minimum atomic E-state index is -1.59. The molecule has 1 heterocycles. The number of nitrogens with two attached hydrogens (primary N) is 1. The van der Waals surface area contributed by atoms with Gasteiger partial charge in [0.2, 0.25) is 0 Å². The van der Waals surface area contributed by atoms with Crippen LogP contribution in [0.3, 0.4) is 0 Å². The average molecular weight is 486 g/mol. The highest BCUT2D eigenvalue weighted by atomic mass is 35.5. The molecule has 13 heteroatoms. The quantitative estimate of drug-likeness (QED) is 0.121. The number of anilines is 1. The van der Waals surface area contributed by atoms with E-state index >= 15 is 0 Å². The van der Waals surface area contributed by atoms with E-state index in [0.29, 0.717) is 20.5 Å². The zero-order chi connectivity index (χ0) is 23.5. The Morgan fingerprint density at radius 1 is 1.26 bits per heavy atom. The second kappa shape index (κ2) is 9.96. The summed E-state index contributed by atoms with van der Waals surface area (Å²) in [6.07, 6.45) is 0. The van der Waals surface area contributed by atoms with Crippen LogP contribution in [0.2, 0.25) is 10.0 Å². The van der Waals surface area contributed by atoms with Crippen molar-refractivity contribution in [1.29, 1.82) is 0 Å². The Morgan fingerprint density at radius 3 is 2.35 bits per heavy atom. The van der Waals surface area contributed by atoms with E-state index in [9.17, 15) is 19.2 Å². The van der Waals surface area contributed by atoms with Gasteiger partial charge < -0.3 is 5.11 Å². The molecule has 1 aromatic heterocycles. The summed E-state index contributed by atoms with van der Waals surface area (Å²) >= 11 is 13.7. The number of H-pyrrole nitrogens is 1. The summed E-state index contributed by atoms with van der Waals surface area (Å²) in [6, 6.07) is 3.14. The first-order chi connectivity index (χ1) is 14.4. The number of hydrogen-bond acceptors (Lipinski definition) is 7. The second-order valence-corrected chi connectivity index (χ2v) is 8.24. The van der Waals surface area contributed by atoms with Crippen LogP contribution in [0.1, 0.15) is 25.3 Å². The maximum Gasteiger partial charge on any atom is 0.343 e. The Bertz CT molecular complexity index is 1110. The lowest BCUT2D eigenvalue weighted by Crippen LogP contribution is -2.48. The van der Waals surface area contributed by atoms with Gasteiger partial charge in [-0.15, -0.1) is 0 Å². The molecule has 10 nitrogen and oxygen atoms in total. The maximum atomic E-state index is 12.1. The van der Waals surface area contributed by atoms with E-state index in [4.69, 9.17) is 34.2 Å². The topological polar surface area (TPSA) is 158 Å². The Kier molecular flexibility index (Phi) is 7.85. The number of carbonyl (C=O) groups is 3. The first-order valence-corrected chi connectivity index (χ1v) is 10.1. The van der Waals surface area contributed by atoms with Crippen molar-refractivity contribution < 1.29 is 19.5 Å². The van der Waals surface area contributed by atoms with Crippen molar-refractivity contribution in [3.05, 3.63) is 56.3 Å². The Hall–Kier alpha value is -2.86. The van der Waals surface area contributed by atoms with Crippen molar-refractivity contribution in [3.63, 3.8) is 0 Å². The molecule has 31 heavy (non-hydrogen) atoms. The van der Waals surface area contributed by atoms with E-state index < -0.39 is 23.5 Å². The smallest absolute Gasteiger partial charge is 0.343 e. The third-order valence-corrected chi connectivity index (χ3v) is 5.75. The lowest BCUT2D eigenvalue weighted by atomic mass is 10.1. The van der Waals surface area contributed by atoms with Gasteiger partial charge in [0.15, 0.2) is 0 Å². The van der Waals surface area contributed by atoms with Gasteiger partial charge in [0, 0.05) is 5.56 Å². The summed E-state index contributed by atoms with van der Waals surface area (Å²) in [5, 5.41) is 18.1. The maximum absolute atomic E-state index is 12.1. The summed E-state index contributed by atoms with van der Waals surface area (Å²) in [5.41, 5.74) is -0.558. The number of aromatic nitrogens is 2. The van der Waals surface area contributed by atoms with Crippen LogP contribution in [-0.4, -0.2) is 33.2 Å². The molecule has 164 valence electrons. The molecule has 0 aliphatic heterocycles. The molecule has 2 rings (SSSR count). The minimum absolute atomic E-state index is 0.0244. The molecule has 0 aliphatic carbocycles. The molecule has 0 aliphatic rings. The van der Waals surface area contributed by atoms with Gasteiger partial charge in [0.1, 0.15) is 10.6 Å². The number of aromatic amines is 1. The van der Waals surface area contributed by atoms with Gasteiger partial charge in [0.05, 0.1) is 20.6 Å². The van der Waals surface area contributed by atoms with Crippen LogP contribution in [0.25, 0.3) is 0 Å². The van der Waals surface area contributed by atoms with E-state index in [1.54, 1.807) is 11.4 Å². The number of hydrogen-bond donors (Lipinski definition) is 4. The molecule has 0 unspecified atom stereocenters. The van der Waals surface area contributed by atoms with Crippen molar-refractivity contribution in [1.82, 2.24) is 15.5 Å². The number of nitrogens with zero attached hydrogens (tertiary/aromatic N) is 2. The number of benzene rings is 1. The van der Waals surface area contributed by atoms with Crippen molar-refractivity contribution in [2.75, 3.05) is 5.01 Å². The van der Waals surface area contributed by atoms with Gasteiger partial charge >= 0.3 is 12.0 Å². The van der Waals surface area contributed by atoms with Gasteiger partial charge in [-0.25, -0.2) is 25.5 Å². The Labute approximate surface area is 190 Å². The first-order valence-electron chi connectivity index (χ1n) is 8.51. The molecule has 3 amide bonds. The third kappa shape index (κ3) is 5.85. The highest BCUT2D eigenvalue weighted by Crippen LogP contribution is 2.40. The fraction of sp³-hybridized carbons (Fsp3) is 0.167. The number of hydrazine groups is 1. The van der Waals surface area contributed by atoms with Crippen molar-refractivity contribution >= 4 is 58.6 Å². The van der Waals surface area contributed by atoms with E-state index in [-0.39, 0.29) is 27.2 Å². The van der Waals surface area contributed by atoms with E-state index in [2.05, 4.69) is 16.8 Å². The number of nitrogens with one attached hydrogen (secondary N) is 2.